The third-order valence-electron chi connectivity index (χ3n) is 5.99. The molecule has 1 N–H and O–H groups in total. The second kappa shape index (κ2) is 13.3. The fraction of sp³-hybridized carbons (Fsp3) is 0.310. The topological polar surface area (TPSA) is 58.6 Å². The number of nitrogens with one attached hydrogen (secondary N) is 1. The van der Waals surface area contributed by atoms with Crippen LogP contribution in [0.3, 0.4) is 0 Å². The molecule has 2 atom stereocenters. The molecule has 3 rings (SSSR count). The molecule has 3 aromatic carbocycles. The second-order valence-electron chi connectivity index (χ2n) is 8.89. The molecule has 0 spiro atoms. The Labute approximate surface area is 223 Å². The number of carbonyl (C=O) groups is 2. The van der Waals surface area contributed by atoms with E-state index in [0.717, 1.165) is 23.1 Å². The van der Waals surface area contributed by atoms with Crippen LogP contribution in [0.5, 0.6) is 5.75 Å². The first-order valence-corrected chi connectivity index (χ1v) is 12.8. The third-order valence-corrected chi connectivity index (χ3v) is 6.52. The maximum Gasteiger partial charge on any atom is 0.261 e. The average Bonchev–Trinajstić information content (AvgIpc) is 2.87. The summed E-state index contributed by atoms with van der Waals surface area (Å²) in [5.41, 5.74) is 3.01. The van der Waals surface area contributed by atoms with Crippen molar-refractivity contribution in [2.75, 3.05) is 6.61 Å². The van der Waals surface area contributed by atoms with Crippen LogP contribution in [0.1, 0.15) is 37.0 Å². The number of nitrogens with zero attached hydrogens (tertiary/aromatic N) is 1. The van der Waals surface area contributed by atoms with Crippen LogP contribution in [0.4, 0.5) is 0 Å². The van der Waals surface area contributed by atoms with Crippen molar-refractivity contribution in [3.8, 4) is 5.75 Å². The van der Waals surface area contributed by atoms with Crippen molar-refractivity contribution < 1.29 is 14.3 Å². The minimum Gasteiger partial charge on any atom is -0.482 e. The monoisotopic (exact) mass is 526 g/mol. The maximum absolute atomic E-state index is 13.6. The SMILES string of the molecule is CC[C@@H](C)NC(=O)[C@@H](Cc1ccccc1)N(Cc1ccc(C)cc1)C(=O)COc1ccc(Cl)cc1Cl. The Hall–Kier alpha value is -3.02. The van der Waals surface area contributed by atoms with E-state index >= 15 is 0 Å². The summed E-state index contributed by atoms with van der Waals surface area (Å²) in [6.45, 7) is 5.97. The van der Waals surface area contributed by atoms with Gasteiger partial charge in [-0.15, -0.1) is 0 Å². The van der Waals surface area contributed by atoms with Crippen molar-refractivity contribution in [1.82, 2.24) is 10.2 Å². The highest BCUT2D eigenvalue weighted by Gasteiger charge is 2.31. The zero-order valence-electron chi connectivity index (χ0n) is 20.8. The van der Waals surface area contributed by atoms with Crippen molar-refractivity contribution in [3.63, 3.8) is 0 Å². The van der Waals surface area contributed by atoms with E-state index in [1.807, 2.05) is 75.4 Å². The van der Waals surface area contributed by atoms with Gasteiger partial charge in [0.25, 0.3) is 5.91 Å². The van der Waals surface area contributed by atoms with Gasteiger partial charge < -0.3 is 15.0 Å². The Kier molecular flexibility index (Phi) is 10.2. The van der Waals surface area contributed by atoms with Crippen LogP contribution in [-0.4, -0.2) is 35.4 Å². The van der Waals surface area contributed by atoms with Gasteiger partial charge in [-0.3, -0.25) is 9.59 Å². The fourth-order valence-electron chi connectivity index (χ4n) is 3.70. The summed E-state index contributed by atoms with van der Waals surface area (Å²) in [7, 11) is 0. The Balaban J connectivity index is 1.91. The van der Waals surface area contributed by atoms with Crippen LogP contribution < -0.4 is 10.1 Å². The molecule has 190 valence electrons. The van der Waals surface area contributed by atoms with Gasteiger partial charge in [0.15, 0.2) is 6.61 Å². The molecule has 0 bridgehead atoms. The van der Waals surface area contributed by atoms with Gasteiger partial charge in [0, 0.05) is 24.0 Å². The molecule has 0 heterocycles. The van der Waals surface area contributed by atoms with Crippen LogP contribution in [0.25, 0.3) is 0 Å². The van der Waals surface area contributed by atoms with E-state index in [-0.39, 0.29) is 31.0 Å². The molecule has 0 unspecified atom stereocenters. The number of rotatable bonds is 11. The lowest BCUT2D eigenvalue weighted by atomic mass is 10.0. The highest BCUT2D eigenvalue weighted by atomic mass is 35.5. The predicted octanol–water partition coefficient (Wildman–Crippen LogP) is 6.24. The van der Waals surface area contributed by atoms with Crippen LogP contribution in [0.2, 0.25) is 10.0 Å². The standard InChI is InChI=1S/C29H32Cl2N2O3/c1-4-21(3)32-29(35)26(16-22-8-6-5-7-9-22)33(18-23-12-10-20(2)11-13-23)28(34)19-36-27-15-14-24(30)17-25(27)31/h5-15,17,21,26H,4,16,18-19H2,1-3H3,(H,32,35)/t21-,26-/m1/s1. The number of hydrogen-bond donors (Lipinski definition) is 1. The van der Waals surface area contributed by atoms with Gasteiger partial charge in [-0.2, -0.15) is 0 Å². The van der Waals surface area contributed by atoms with Gasteiger partial charge in [-0.25, -0.2) is 0 Å². The molecule has 0 aliphatic carbocycles. The minimum absolute atomic E-state index is 0.0174. The van der Waals surface area contributed by atoms with Crippen molar-refractivity contribution >= 4 is 35.0 Å². The van der Waals surface area contributed by atoms with Crippen molar-refractivity contribution in [2.24, 2.45) is 0 Å². The number of aryl methyl sites for hydroxylation is 1. The van der Waals surface area contributed by atoms with E-state index in [1.165, 1.54) is 0 Å². The lowest BCUT2D eigenvalue weighted by Gasteiger charge is -2.32. The molecule has 36 heavy (non-hydrogen) atoms. The number of amides is 2. The Morgan fingerprint density at radius 3 is 2.31 bits per heavy atom. The van der Waals surface area contributed by atoms with E-state index in [2.05, 4.69) is 5.32 Å². The highest BCUT2D eigenvalue weighted by Crippen LogP contribution is 2.27. The summed E-state index contributed by atoms with van der Waals surface area (Å²) in [5, 5.41) is 3.85. The molecule has 0 fully saturated rings. The molecular formula is C29H32Cl2N2O3. The zero-order chi connectivity index (χ0) is 26.1. The van der Waals surface area contributed by atoms with E-state index in [9.17, 15) is 9.59 Å². The summed E-state index contributed by atoms with van der Waals surface area (Å²) >= 11 is 12.2. The molecule has 0 saturated heterocycles. The summed E-state index contributed by atoms with van der Waals surface area (Å²) < 4.78 is 5.76. The van der Waals surface area contributed by atoms with Gasteiger partial charge in [0.2, 0.25) is 5.91 Å². The molecule has 5 nitrogen and oxygen atoms in total. The van der Waals surface area contributed by atoms with Crippen molar-refractivity contribution in [3.05, 3.63) is 99.5 Å². The van der Waals surface area contributed by atoms with Crippen molar-refractivity contribution in [2.45, 2.75) is 52.2 Å². The normalized spacial score (nSPS) is 12.5. The fourth-order valence-corrected chi connectivity index (χ4v) is 4.16. The number of benzene rings is 3. The van der Waals surface area contributed by atoms with Crippen LogP contribution in [-0.2, 0) is 22.6 Å². The average molecular weight is 527 g/mol. The van der Waals surface area contributed by atoms with Crippen LogP contribution >= 0.6 is 23.2 Å². The van der Waals surface area contributed by atoms with Crippen LogP contribution in [0, 0.1) is 6.92 Å². The minimum atomic E-state index is -0.723. The second-order valence-corrected chi connectivity index (χ2v) is 9.74. The zero-order valence-corrected chi connectivity index (χ0v) is 22.4. The summed E-state index contributed by atoms with van der Waals surface area (Å²) in [5.74, 6) is -0.159. The Bertz CT molecular complexity index is 1150. The lowest BCUT2D eigenvalue weighted by molar-refractivity contribution is -0.143. The molecule has 0 aromatic heterocycles. The highest BCUT2D eigenvalue weighted by molar-refractivity contribution is 6.35. The van der Waals surface area contributed by atoms with Crippen LogP contribution in [0.15, 0.2) is 72.8 Å². The van der Waals surface area contributed by atoms with E-state index in [0.29, 0.717) is 22.2 Å². The third kappa shape index (κ3) is 8.00. The summed E-state index contributed by atoms with van der Waals surface area (Å²) in [4.78, 5) is 28.7. The first-order valence-electron chi connectivity index (χ1n) is 12.0. The first kappa shape index (κ1) is 27.6. The van der Waals surface area contributed by atoms with Gasteiger partial charge in [0.05, 0.1) is 5.02 Å². The first-order chi connectivity index (χ1) is 17.3. The molecule has 0 radical (unpaired) electrons. The van der Waals surface area contributed by atoms with Gasteiger partial charge in [-0.1, -0.05) is 90.3 Å². The van der Waals surface area contributed by atoms with E-state index < -0.39 is 6.04 Å². The van der Waals surface area contributed by atoms with Crippen molar-refractivity contribution in [1.29, 1.82) is 0 Å². The molecule has 0 aliphatic heterocycles. The lowest BCUT2D eigenvalue weighted by Crippen LogP contribution is -2.53. The number of hydrogen-bond acceptors (Lipinski definition) is 3. The molecule has 3 aromatic rings. The largest absolute Gasteiger partial charge is 0.482 e. The van der Waals surface area contributed by atoms with Gasteiger partial charge in [0.1, 0.15) is 11.8 Å². The van der Waals surface area contributed by atoms with Gasteiger partial charge in [-0.05, 0) is 49.6 Å². The predicted molar refractivity (Wildman–Crippen MR) is 146 cm³/mol. The smallest absolute Gasteiger partial charge is 0.261 e. The summed E-state index contributed by atoms with van der Waals surface area (Å²) in [6.07, 6.45) is 1.16. The maximum atomic E-state index is 13.6. The molecule has 7 heteroatoms. The van der Waals surface area contributed by atoms with E-state index in [4.69, 9.17) is 27.9 Å². The molecular weight excluding hydrogens is 495 g/mol. The van der Waals surface area contributed by atoms with Gasteiger partial charge >= 0.3 is 0 Å². The molecule has 0 aliphatic rings. The number of carbonyl (C=O) groups excluding carboxylic acids is 2. The number of halogens is 2. The van der Waals surface area contributed by atoms with E-state index in [1.54, 1.807) is 23.1 Å². The summed E-state index contributed by atoms with van der Waals surface area (Å²) in [6, 6.07) is 21.7. The number of ether oxygens (including phenoxy) is 1. The molecule has 0 saturated carbocycles. The quantitative estimate of drug-likeness (QED) is 0.322. The Morgan fingerprint density at radius 2 is 1.67 bits per heavy atom. The molecule has 2 amide bonds. The Morgan fingerprint density at radius 1 is 0.972 bits per heavy atom.